The molecule has 0 aliphatic carbocycles. The highest BCUT2D eigenvalue weighted by atomic mass is 16.2. The van der Waals surface area contributed by atoms with Gasteiger partial charge in [0.25, 0.3) is 11.8 Å². The molecule has 65 valence electrons. The Bertz CT molecular complexity index is 352. The Labute approximate surface area is 74.9 Å². The summed E-state index contributed by atoms with van der Waals surface area (Å²) in [4.78, 5) is 23.8. The molecule has 0 unspecified atom stereocenters. The molecule has 13 heavy (non-hydrogen) atoms. The predicted octanol–water partition coefficient (Wildman–Crippen LogP) is 0.523. The van der Waals surface area contributed by atoms with Gasteiger partial charge in [-0.25, -0.2) is 5.73 Å². The lowest BCUT2D eigenvalue weighted by molar-refractivity contribution is 0.0656. The van der Waals surface area contributed by atoms with E-state index in [9.17, 15) is 9.59 Å². The fraction of sp³-hybridized carbons (Fsp3) is 0.111. The number of benzene rings is 1. The van der Waals surface area contributed by atoms with Crippen LogP contribution < -0.4 is 5.73 Å². The quantitative estimate of drug-likeness (QED) is 0.584. The fourth-order valence-corrected chi connectivity index (χ4v) is 1.38. The topological polar surface area (TPSA) is 61.2 Å². The maximum atomic E-state index is 11.4. The lowest BCUT2D eigenvalue weighted by atomic mass is 10.1. The summed E-state index contributed by atoms with van der Waals surface area (Å²) in [6, 6.07) is 6.62. The van der Waals surface area contributed by atoms with Gasteiger partial charge in [0.2, 0.25) is 0 Å². The van der Waals surface area contributed by atoms with Crippen molar-refractivity contribution in [1.82, 2.24) is 10.6 Å². The number of carbonyl (C=O) groups excluding carboxylic acids is 2. The molecule has 1 aliphatic rings. The minimum atomic E-state index is -0.365. The molecule has 0 atom stereocenters. The molecular weight excluding hydrogens is 168 g/mol. The van der Waals surface area contributed by atoms with Gasteiger partial charge in [-0.2, -0.15) is 0 Å². The first-order valence-corrected chi connectivity index (χ1v) is 3.85. The first-order chi connectivity index (χ1) is 6.25. The van der Waals surface area contributed by atoms with Gasteiger partial charge in [0.15, 0.2) is 0 Å². The van der Waals surface area contributed by atoms with E-state index in [1.165, 1.54) is 0 Å². The van der Waals surface area contributed by atoms with Crippen molar-refractivity contribution in [2.24, 2.45) is 0 Å². The van der Waals surface area contributed by atoms with Crippen molar-refractivity contribution in [3.8, 4) is 0 Å². The summed E-state index contributed by atoms with van der Waals surface area (Å²) in [6.07, 6.45) is 0. The fourth-order valence-electron chi connectivity index (χ4n) is 1.38. The van der Waals surface area contributed by atoms with E-state index in [4.69, 9.17) is 5.73 Å². The number of fused-ring (bicyclic) bond motifs is 1. The van der Waals surface area contributed by atoms with E-state index in [2.05, 4.69) is 0 Å². The predicted molar refractivity (Wildman–Crippen MR) is 44.9 cm³/mol. The second kappa shape index (κ2) is 2.67. The smallest absolute Gasteiger partial charge is 0.262 e. The van der Waals surface area contributed by atoms with Gasteiger partial charge in [-0.1, -0.05) is 12.1 Å². The van der Waals surface area contributed by atoms with Crippen molar-refractivity contribution >= 4 is 11.8 Å². The van der Waals surface area contributed by atoms with E-state index in [1.54, 1.807) is 24.3 Å². The molecule has 0 fully saturated rings. The number of hydrogen-bond donors (Lipinski definition) is 0. The molecule has 4 heteroatoms. The van der Waals surface area contributed by atoms with Crippen LogP contribution in [0.3, 0.4) is 0 Å². The summed E-state index contributed by atoms with van der Waals surface area (Å²) >= 11 is 0. The number of rotatable bonds is 1. The summed E-state index contributed by atoms with van der Waals surface area (Å²) < 4.78 is 0. The molecule has 1 aliphatic heterocycles. The van der Waals surface area contributed by atoms with Crippen LogP contribution in [0.5, 0.6) is 0 Å². The number of hydrogen-bond acceptors (Lipinski definition) is 2. The largest absolute Gasteiger partial charge is 0.269 e. The summed E-state index contributed by atoms with van der Waals surface area (Å²) in [7, 11) is 0. The van der Waals surface area contributed by atoms with Crippen LogP contribution in [0.1, 0.15) is 20.7 Å². The van der Waals surface area contributed by atoms with Gasteiger partial charge in [0.1, 0.15) is 0 Å². The number of carbonyl (C=O) groups is 2. The minimum Gasteiger partial charge on any atom is -0.269 e. The maximum absolute atomic E-state index is 11.4. The first kappa shape index (κ1) is 7.94. The molecule has 1 aromatic rings. The second-order valence-corrected chi connectivity index (χ2v) is 2.74. The van der Waals surface area contributed by atoms with Crippen molar-refractivity contribution in [3.63, 3.8) is 0 Å². The highest BCUT2D eigenvalue weighted by Gasteiger charge is 2.33. The average Bonchev–Trinajstić information content (AvgIpc) is 2.41. The maximum Gasteiger partial charge on any atom is 0.262 e. The zero-order chi connectivity index (χ0) is 9.42. The van der Waals surface area contributed by atoms with E-state index in [1.807, 2.05) is 0 Å². The summed E-state index contributed by atoms with van der Waals surface area (Å²) in [5.74, 6) is -0.730. The molecule has 1 heterocycles. The molecule has 0 spiro atoms. The SMILES string of the molecule is [NH]CN1C(=O)c2ccccc2C1=O. The average molecular weight is 175 g/mol. The van der Waals surface area contributed by atoms with Crippen molar-refractivity contribution in [1.29, 1.82) is 0 Å². The normalized spacial score (nSPS) is 15.0. The Hall–Kier alpha value is -1.68. The molecular formula is C9H7N2O2. The molecule has 0 saturated carbocycles. The lowest BCUT2D eigenvalue weighted by Crippen LogP contribution is -2.31. The minimum absolute atomic E-state index is 0.313. The van der Waals surface area contributed by atoms with Gasteiger partial charge in [0.05, 0.1) is 17.8 Å². The summed E-state index contributed by atoms with van der Waals surface area (Å²) in [5, 5.41) is 0. The van der Waals surface area contributed by atoms with E-state index in [0.717, 1.165) is 4.90 Å². The number of imide groups is 1. The zero-order valence-electron chi connectivity index (χ0n) is 6.78. The van der Waals surface area contributed by atoms with Crippen LogP contribution in [-0.2, 0) is 0 Å². The highest BCUT2D eigenvalue weighted by Crippen LogP contribution is 2.21. The summed E-state index contributed by atoms with van der Waals surface area (Å²) in [6.45, 7) is -0.313. The van der Waals surface area contributed by atoms with Crippen molar-refractivity contribution in [2.75, 3.05) is 6.67 Å². The van der Waals surface area contributed by atoms with Gasteiger partial charge in [-0.05, 0) is 12.1 Å². The van der Waals surface area contributed by atoms with E-state index in [0.29, 0.717) is 11.1 Å². The molecule has 1 radical (unpaired) electrons. The molecule has 1 aromatic carbocycles. The molecule has 0 bridgehead atoms. The van der Waals surface area contributed by atoms with Gasteiger partial charge in [-0.3, -0.25) is 14.5 Å². The van der Waals surface area contributed by atoms with Crippen molar-refractivity contribution < 1.29 is 9.59 Å². The van der Waals surface area contributed by atoms with E-state index < -0.39 is 0 Å². The van der Waals surface area contributed by atoms with Crippen LogP contribution >= 0.6 is 0 Å². The molecule has 0 saturated heterocycles. The molecule has 0 aromatic heterocycles. The van der Waals surface area contributed by atoms with E-state index >= 15 is 0 Å². The lowest BCUT2D eigenvalue weighted by Gasteiger charge is -2.07. The van der Waals surface area contributed by atoms with Gasteiger partial charge in [-0.15, -0.1) is 0 Å². The Balaban J connectivity index is 2.57. The Morgan fingerprint density at radius 2 is 1.54 bits per heavy atom. The molecule has 4 nitrogen and oxygen atoms in total. The van der Waals surface area contributed by atoms with E-state index in [-0.39, 0.29) is 18.5 Å². The van der Waals surface area contributed by atoms with Crippen LogP contribution in [0, 0.1) is 0 Å². The second-order valence-electron chi connectivity index (χ2n) is 2.74. The van der Waals surface area contributed by atoms with Crippen LogP contribution in [0.4, 0.5) is 0 Å². The Morgan fingerprint density at radius 3 is 1.92 bits per heavy atom. The molecule has 2 amide bonds. The Morgan fingerprint density at radius 1 is 1.08 bits per heavy atom. The van der Waals surface area contributed by atoms with Gasteiger partial charge < -0.3 is 0 Å². The van der Waals surface area contributed by atoms with Crippen LogP contribution in [-0.4, -0.2) is 23.4 Å². The van der Waals surface area contributed by atoms with Gasteiger partial charge in [0, 0.05) is 0 Å². The molecule has 1 N–H and O–H groups in total. The third-order valence-electron chi connectivity index (χ3n) is 2.04. The number of nitrogens with one attached hydrogen (secondary N) is 1. The number of nitrogens with zero attached hydrogens (tertiary/aromatic N) is 1. The highest BCUT2D eigenvalue weighted by molar-refractivity contribution is 6.21. The Kier molecular flexibility index (Phi) is 1.63. The molecule has 2 rings (SSSR count). The third-order valence-corrected chi connectivity index (χ3v) is 2.04. The monoisotopic (exact) mass is 175 g/mol. The van der Waals surface area contributed by atoms with Gasteiger partial charge >= 0.3 is 0 Å². The number of amides is 2. The summed E-state index contributed by atoms with van der Waals surface area (Å²) in [5.41, 5.74) is 7.83. The zero-order valence-corrected chi connectivity index (χ0v) is 6.78. The van der Waals surface area contributed by atoms with Crippen molar-refractivity contribution in [3.05, 3.63) is 35.4 Å². The van der Waals surface area contributed by atoms with Crippen LogP contribution in [0.15, 0.2) is 24.3 Å². The standard InChI is InChI=1S/C9H7N2O2/c10-5-11-8(12)6-3-1-2-4-7(6)9(11)13/h1-4,10H,5H2. The van der Waals surface area contributed by atoms with Crippen molar-refractivity contribution in [2.45, 2.75) is 0 Å². The van der Waals surface area contributed by atoms with Crippen LogP contribution in [0.2, 0.25) is 0 Å². The first-order valence-electron chi connectivity index (χ1n) is 3.85. The third kappa shape index (κ3) is 0.957. The van der Waals surface area contributed by atoms with Crippen LogP contribution in [0.25, 0.3) is 0 Å².